The molecule has 1 fully saturated rings. The maximum atomic E-state index is 5.89. The van der Waals surface area contributed by atoms with Crippen LogP contribution < -0.4 is 0 Å². The lowest BCUT2D eigenvalue weighted by Gasteiger charge is -2.40. The zero-order chi connectivity index (χ0) is 10.4. The van der Waals surface area contributed by atoms with Gasteiger partial charge in [0.1, 0.15) is 8.80 Å². The van der Waals surface area contributed by atoms with Crippen molar-refractivity contribution in [2.45, 2.75) is 50.6 Å². The first-order valence-corrected chi connectivity index (χ1v) is 8.22. The van der Waals surface area contributed by atoms with E-state index in [2.05, 4.69) is 20.0 Å². The van der Waals surface area contributed by atoms with Crippen LogP contribution in [0.15, 0.2) is 12.8 Å². The minimum atomic E-state index is -0.953. The molecule has 1 aliphatic heterocycles. The van der Waals surface area contributed by atoms with Crippen LogP contribution in [0.1, 0.15) is 32.6 Å². The van der Waals surface area contributed by atoms with Gasteiger partial charge in [-0.3, -0.25) is 0 Å². The fraction of sp³-hybridized carbons (Fsp3) is 0.818. The van der Waals surface area contributed by atoms with Gasteiger partial charge in [-0.25, -0.2) is 0 Å². The maximum absolute atomic E-state index is 5.89. The molecule has 0 aromatic carbocycles. The quantitative estimate of drug-likeness (QED) is 0.517. The second-order valence-corrected chi connectivity index (χ2v) is 7.35. The lowest BCUT2D eigenvalue weighted by atomic mass is 10.2. The van der Waals surface area contributed by atoms with E-state index in [0.29, 0.717) is 0 Å². The summed E-state index contributed by atoms with van der Waals surface area (Å²) in [6.07, 6.45) is 6.26. The third-order valence-electron chi connectivity index (χ3n) is 3.02. The molecule has 0 bridgehead atoms. The molecule has 0 aliphatic carbocycles. The molecule has 0 saturated carbocycles. The minimum absolute atomic E-state index is 0.240. The molecule has 2 nitrogen and oxygen atoms in total. The summed E-state index contributed by atoms with van der Waals surface area (Å²) in [6.45, 7) is 9.09. The van der Waals surface area contributed by atoms with Crippen LogP contribution in [0, 0.1) is 0 Å². The molecule has 0 radical (unpaired) electrons. The first-order chi connectivity index (χ1) is 6.75. The number of rotatable bonds is 5. The topological polar surface area (TPSA) is 18.5 Å². The molecule has 0 amide bonds. The minimum Gasteiger partial charge on any atom is -0.475 e. The third kappa shape index (κ3) is 2.61. The van der Waals surface area contributed by atoms with Crippen LogP contribution in [-0.4, -0.2) is 20.8 Å². The van der Waals surface area contributed by atoms with Gasteiger partial charge >= 0.3 is 0 Å². The van der Waals surface area contributed by atoms with E-state index >= 15 is 0 Å². The molecule has 1 saturated heterocycles. The molecular formula is C11H22O2Si. The van der Waals surface area contributed by atoms with Gasteiger partial charge in [-0.2, -0.15) is 0 Å². The molecule has 2 atom stereocenters. The smallest absolute Gasteiger partial charge is 0.186 e. The van der Waals surface area contributed by atoms with Gasteiger partial charge in [-0.05, 0) is 12.8 Å². The Balaban J connectivity index is 2.62. The molecule has 0 spiro atoms. The molecule has 14 heavy (non-hydrogen) atoms. The Kier molecular flexibility index (Phi) is 4.68. The van der Waals surface area contributed by atoms with E-state index in [0.717, 1.165) is 13.0 Å². The van der Waals surface area contributed by atoms with Crippen molar-refractivity contribution >= 4 is 8.80 Å². The molecule has 0 aromatic rings. The summed E-state index contributed by atoms with van der Waals surface area (Å²) in [7, 11) is -0.953. The van der Waals surface area contributed by atoms with E-state index in [4.69, 9.17) is 9.47 Å². The Morgan fingerprint density at radius 1 is 1.57 bits per heavy atom. The molecule has 3 heteroatoms. The lowest BCUT2D eigenvalue weighted by Crippen LogP contribution is -2.50. The molecule has 2 unspecified atom stereocenters. The maximum Gasteiger partial charge on any atom is 0.186 e. The van der Waals surface area contributed by atoms with E-state index in [1.54, 1.807) is 6.26 Å². The summed E-state index contributed by atoms with van der Waals surface area (Å²) in [6, 6.07) is 1.29. The summed E-state index contributed by atoms with van der Waals surface area (Å²) < 4.78 is 11.6. The predicted molar refractivity (Wildman–Crippen MR) is 61.9 cm³/mol. The van der Waals surface area contributed by atoms with Crippen LogP contribution in [0.4, 0.5) is 0 Å². The molecular weight excluding hydrogens is 192 g/mol. The van der Waals surface area contributed by atoms with Gasteiger partial charge in [0.2, 0.25) is 0 Å². The predicted octanol–water partition coefficient (Wildman–Crippen LogP) is 2.85. The number of hydrogen-bond donors (Lipinski definition) is 0. The van der Waals surface area contributed by atoms with E-state index in [9.17, 15) is 0 Å². The monoisotopic (exact) mass is 214 g/mol. The van der Waals surface area contributed by atoms with Crippen LogP contribution in [0.5, 0.6) is 0 Å². The van der Waals surface area contributed by atoms with Crippen LogP contribution in [0.25, 0.3) is 0 Å². The van der Waals surface area contributed by atoms with E-state index in [1.165, 1.54) is 25.3 Å². The highest BCUT2D eigenvalue weighted by Gasteiger charge is 2.40. The highest BCUT2D eigenvalue weighted by Crippen LogP contribution is 2.31. The van der Waals surface area contributed by atoms with Crippen molar-refractivity contribution in [3.05, 3.63) is 12.8 Å². The summed E-state index contributed by atoms with van der Waals surface area (Å²) in [5.74, 6) is 0. The Labute approximate surface area is 88.9 Å². The molecule has 0 N–H and O–H groups in total. The largest absolute Gasteiger partial charge is 0.475 e. The van der Waals surface area contributed by atoms with Crippen molar-refractivity contribution in [2.75, 3.05) is 6.61 Å². The van der Waals surface area contributed by atoms with Gasteiger partial charge in [0, 0.05) is 6.42 Å². The second-order valence-electron chi connectivity index (χ2n) is 4.09. The zero-order valence-corrected chi connectivity index (χ0v) is 10.6. The Morgan fingerprint density at radius 3 is 2.86 bits per heavy atom. The molecule has 1 rings (SSSR count). The van der Waals surface area contributed by atoms with Crippen LogP contribution in [0.3, 0.4) is 0 Å². The van der Waals surface area contributed by atoms with Crippen LogP contribution in [0.2, 0.25) is 12.6 Å². The number of hydrogen-bond acceptors (Lipinski definition) is 2. The first kappa shape index (κ1) is 11.8. The Morgan fingerprint density at radius 2 is 2.36 bits per heavy atom. The SMILES string of the molecule is C=COC1([SiH](C)CCC)CCCCO1. The fourth-order valence-corrected chi connectivity index (χ4v) is 4.92. The van der Waals surface area contributed by atoms with Gasteiger partial charge in [0.05, 0.1) is 12.9 Å². The summed E-state index contributed by atoms with van der Waals surface area (Å²) >= 11 is 0. The van der Waals surface area contributed by atoms with Crippen molar-refractivity contribution in [3.63, 3.8) is 0 Å². The van der Waals surface area contributed by atoms with E-state index < -0.39 is 8.80 Å². The highest BCUT2D eigenvalue weighted by molar-refractivity contribution is 6.60. The lowest BCUT2D eigenvalue weighted by molar-refractivity contribution is -0.172. The van der Waals surface area contributed by atoms with Crippen molar-refractivity contribution in [1.82, 2.24) is 0 Å². The van der Waals surface area contributed by atoms with Gasteiger partial charge in [0.15, 0.2) is 5.41 Å². The van der Waals surface area contributed by atoms with Crippen molar-refractivity contribution < 1.29 is 9.47 Å². The second kappa shape index (κ2) is 5.56. The van der Waals surface area contributed by atoms with Crippen molar-refractivity contribution in [2.24, 2.45) is 0 Å². The standard InChI is InChI=1S/C11H22O2Si/c1-4-10-14(3)11(12-5-2)8-6-7-9-13-11/h5,14H,2,4,6-10H2,1,3H3. The van der Waals surface area contributed by atoms with Gasteiger partial charge < -0.3 is 9.47 Å². The summed E-state index contributed by atoms with van der Waals surface area (Å²) in [5.41, 5.74) is -0.240. The Bertz CT molecular complexity index is 176. The molecule has 1 heterocycles. The van der Waals surface area contributed by atoms with Crippen molar-refractivity contribution in [1.29, 1.82) is 0 Å². The van der Waals surface area contributed by atoms with Gasteiger partial charge in [0.25, 0.3) is 0 Å². The fourth-order valence-electron chi connectivity index (χ4n) is 2.18. The average molecular weight is 214 g/mol. The van der Waals surface area contributed by atoms with Gasteiger partial charge in [-0.1, -0.05) is 32.5 Å². The summed E-state index contributed by atoms with van der Waals surface area (Å²) in [5, 5.41) is 0. The average Bonchev–Trinajstić information content (AvgIpc) is 2.20. The molecule has 82 valence electrons. The Hall–Kier alpha value is -0.283. The molecule has 1 aliphatic rings. The highest BCUT2D eigenvalue weighted by atomic mass is 28.3. The third-order valence-corrected chi connectivity index (χ3v) is 6.56. The zero-order valence-electron chi connectivity index (χ0n) is 9.42. The molecule has 0 aromatic heterocycles. The van der Waals surface area contributed by atoms with Gasteiger partial charge in [-0.15, -0.1) is 0 Å². The van der Waals surface area contributed by atoms with E-state index in [1.807, 2.05) is 0 Å². The summed E-state index contributed by atoms with van der Waals surface area (Å²) in [4.78, 5) is 0. The van der Waals surface area contributed by atoms with Crippen LogP contribution >= 0.6 is 0 Å². The first-order valence-electron chi connectivity index (χ1n) is 5.68. The van der Waals surface area contributed by atoms with E-state index in [-0.39, 0.29) is 5.41 Å². The number of ether oxygens (including phenoxy) is 2. The van der Waals surface area contributed by atoms with Crippen molar-refractivity contribution in [3.8, 4) is 0 Å². The van der Waals surface area contributed by atoms with Crippen LogP contribution in [-0.2, 0) is 9.47 Å². The normalized spacial score (nSPS) is 29.6.